The van der Waals surface area contributed by atoms with Crippen LogP contribution in [0, 0.1) is 0 Å². The van der Waals surface area contributed by atoms with Gasteiger partial charge in [-0.1, -0.05) is 30.3 Å². The lowest BCUT2D eigenvalue weighted by Crippen LogP contribution is -2.44. The largest absolute Gasteiger partial charge is 0.445 e. The molecule has 0 atom stereocenters. The Balaban J connectivity index is 2.37. The summed E-state index contributed by atoms with van der Waals surface area (Å²) in [5.74, 6) is 0. The lowest BCUT2D eigenvalue weighted by Gasteiger charge is -2.26. The molecule has 0 saturated heterocycles. The Kier molecular flexibility index (Phi) is 5.42. The van der Waals surface area contributed by atoms with Gasteiger partial charge < -0.3 is 10.1 Å². The first-order valence-electron chi connectivity index (χ1n) is 6.24. The van der Waals surface area contributed by atoms with Crippen molar-refractivity contribution in [3.8, 4) is 0 Å². The number of rotatable bonds is 5. The molecule has 1 rings (SSSR count). The lowest BCUT2D eigenvalue weighted by molar-refractivity contribution is -0.138. The van der Waals surface area contributed by atoms with E-state index in [-0.39, 0.29) is 13.0 Å². The summed E-state index contributed by atoms with van der Waals surface area (Å²) in [5, 5.41) is 2.44. The van der Waals surface area contributed by atoms with Crippen LogP contribution in [0.2, 0.25) is 0 Å². The predicted molar refractivity (Wildman–Crippen MR) is 69.1 cm³/mol. The molecule has 0 aliphatic heterocycles. The molecule has 6 heteroatoms. The normalized spacial score (nSPS) is 12.1. The van der Waals surface area contributed by atoms with Gasteiger partial charge in [0.05, 0.1) is 0 Å². The van der Waals surface area contributed by atoms with Gasteiger partial charge in [-0.25, -0.2) is 4.79 Å². The summed E-state index contributed by atoms with van der Waals surface area (Å²) in [6, 6.07) is 9.04. The van der Waals surface area contributed by atoms with Crippen molar-refractivity contribution >= 4 is 6.09 Å². The second kappa shape index (κ2) is 6.63. The molecule has 112 valence electrons. The van der Waals surface area contributed by atoms with E-state index in [1.165, 1.54) is 13.8 Å². The topological polar surface area (TPSA) is 38.3 Å². The number of alkyl carbamates (subject to hydrolysis) is 1. The molecule has 0 aromatic heterocycles. The van der Waals surface area contributed by atoms with Gasteiger partial charge in [0.25, 0.3) is 0 Å². The second-order valence-corrected chi connectivity index (χ2v) is 5.19. The minimum Gasteiger partial charge on any atom is -0.445 e. The van der Waals surface area contributed by atoms with Gasteiger partial charge in [0.15, 0.2) is 0 Å². The van der Waals surface area contributed by atoms with Crippen molar-refractivity contribution in [2.75, 3.05) is 0 Å². The van der Waals surface area contributed by atoms with Gasteiger partial charge in [-0.05, 0) is 25.8 Å². The van der Waals surface area contributed by atoms with Crippen LogP contribution in [0.4, 0.5) is 18.0 Å². The van der Waals surface area contributed by atoms with Crippen molar-refractivity contribution in [3.63, 3.8) is 0 Å². The summed E-state index contributed by atoms with van der Waals surface area (Å²) in [5.41, 5.74) is -0.153. The first-order valence-corrected chi connectivity index (χ1v) is 6.24. The summed E-state index contributed by atoms with van der Waals surface area (Å²) in [6.45, 7) is 3.15. The highest BCUT2D eigenvalue weighted by Crippen LogP contribution is 2.25. The molecular formula is C14H18F3NO2. The lowest BCUT2D eigenvalue weighted by atomic mass is 9.98. The van der Waals surface area contributed by atoms with Gasteiger partial charge in [-0.15, -0.1) is 0 Å². The number of halogens is 3. The van der Waals surface area contributed by atoms with E-state index < -0.39 is 24.2 Å². The Morgan fingerprint density at radius 3 is 2.30 bits per heavy atom. The highest BCUT2D eigenvalue weighted by Gasteiger charge is 2.32. The van der Waals surface area contributed by atoms with Gasteiger partial charge in [-0.3, -0.25) is 0 Å². The molecule has 0 heterocycles. The molecule has 0 bridgehead atoms. The van der Waals surface area contributed by atoms with Crippen molar-refractivity contribution < 1.29 is 22.7 Å². The molecule has 20 heavy (non-hydrogen) atoms. The van der Waals surface area contributed by atoms with Crippen molar-refractivity contribution in [1.82, 2.24) is 5.32 Å². The van der Waals surface area contributed by atoms with Crippen LogP contribution in [0.3, 0.4) is 0 Å². The molecule has 1 amide bonds. The Morgan fingerprint density at radius 1 is 1.15 bits per heavy atom. The minimum atomic E-state index is -4.23. The highest BCUT2D eigenvalue weighted by atomic mass is 19.4. The maximum Gasteiger partial charge on any atom is 0.407 e. The average molecular weight is 289 g/mol. The zero-order valence-electron chi connectivity index (χ0n) is 11.5. The number of alkyl halides is 3. The van der Waals surface area contributed by atoms with Gasteiger partial charge in [0, 0.05) is 12.0 Å². The molecule has 1 aromatic rings. The number of carbonyl (C=O) groups is 1. The average Bonchev–Trinajstić information content (AvgIpc) is 2.34. The van der Waals surface area contributed by atoms with E-state index in [2.05, 4.69) is 5.32 Å². The maximum absolute atomic E-state index is 12.1. The van der Waals surface area contributed by atoms with E-state index in [1.807, 2.05) is 18.2 Å². The van der Waals surface area contributed by atoms with Crippen LogP contribution in [0.1, 0.15) is 32.3 Å². The molecular weight excluding hydrogens is 271 g/mol. The first kappa shape index (κ1) is 16.3. The number of amides is 1. The Morgan fingerprint density at radius 2 is 1.75 bits per heavy atom. The Labute approximate surface area is 116 Å². The maximum atomic E-state index is 12.1. The number of nitrogens with one attached hydrogen (secondary N) is 1. The molecule has 1 aromatic carbocycles. The Bertz CT molecular complexity index is 430. The monoisotopic (exact) mass is 289 g/mol. The van der Waals surface area contributed by atoms with Crippen LogP contribution >= 0.6 is 0 Å². The summed E-state index contributed by atoms with van der Waals surface area (Å²) < 4.78 is 41.4. The number of hydrogen-bond acceptors (Lipinski definition) is 2. The van der Waals surface area contributed by atoms with E-state index in [0.29, 0.717) is 0 Å². The second-order valence-electron chi connectivity index (χ2n) is 5.19. The summed E-state index contributed by atoms with van der Waals surface area (Å²) >= 11 is 0. The molecule has 0 radical (unpaired) electrons. The molecule has 1 N–H and O–H groups in total. The molecule has 0 saturated carbocycles. The zero-order valence-corrected chi connectivity index (χ0v) is 11.5. The van der Waals surface area contributed by atoms with E-state index in [9.17, 15) is 18.0 Å². The fourth-order valence-electron chi connectivity index (χ4n) is 1.55. The van der Waals surface area contributed by atoms with E-state index in [1.54, 1.807) is 12.1 Å². The third kappa shape index (κ3) is 7.01. The van der Waals surface area contributed by atoms with E-state index >= 15 is 0 Å². The summed E-state index contributed by atoms with van der Waals surface area (Å²) in [6.07, 6.45) is -6.09. The van der Waals surface area contributed by atoms with Gasteiger partial charge in [0.1, 0.15) is 6.61 Å². The van der Waals surface area contributed by atoms with Crippen LogP contribution < -0.4 is 5.32 Å². The molecule has 0 aliphatic carbocycles. The van der Waals surface area contributed by atoms with E-state index in [4.69, 9.17) is 4.74 Å². The molecule has 0 spiro atoms. The standard InChI is InChI=1S/C14H18F3NO2/c1-13(2,8-9-14(15,16)17)18-12(19)20-10-11-6-4-3-5-7-11/h3-7H,8-10H2,1-2H3,(H,18,19). The fourth-order valence-corrected chi connectivity index (χ4v) is 1.55. The van der Waals surface area contributed by atoms with Crippen LogP contribution in [0.15, 0.2) is 30.3 Å². The van der Waals surface area contributed by atoms with Crippen LogP contribution in [-0.4, -0.2) is 17.8 Å². The fraction of sp³-hybridized carbons (Fsp3) is 0.500. The van der Waals surface area contributed by atoms with Gasteiger partial charge in [-0.2, -0.15) is 13.2 Å². The number of carbonyl (C=O) groups excluding carboxylic acids is 1. The Hall–Kier alpha value is -1.72. The van der Waals surface area contributed by atoms with Crippen LogP contribution in [-0.2, 0) is 11.3 Å². The molecule has 0 fully saturated rings. The molecule has 0 unspecified atom stereocenters. The minimum absolute atomic E-state index is 0.0853. The van der Waals surface area contributed by atoms with Crippen molar-refractivity contribution in [2.45, 2.75) is 45.0 Å². The highest BCUT2D eigenvalue weighted by molar-refractivity contribution is 5.68. The van der Waals surface area contributed by atoms with Gasteiger partial charge in [0.2, 0.25) is 0 Å². The van der Waals surface area contributed by atoms with Crippen molar-refractivity contribution in [2.24, 2.45) is 0 Å². The van der Waals surface area contributed by atoms with E-state index in [0.717, 1.165) is 5.56 Å². The smallest absolute Gasteiger partial charge is 0.407 e. The number of benzene rings is 1. The van der Waals surface area contributed by atoms with Crippen molar-refractivity contribution in [1.29, 1.82) is 0 Å². The zero-order chi connectivity index (χ0) is 15.2. The number of ether oxygens (including phenoxy) is 1. The predicted octanol–water partition coefficient (Wildman–Crippen LogP) is 4.03. The summed E-state index contributed by atoms with van der Waals surface area (Å²) in [7, 11) is 0. The van der Waals surface area contributed by atoms with Crippen LogP contribution in [0.5, 0.6) is 0 Å². The molecule has 3 nitrogen and oxygen atoms in total. The number of hydrogen-bond donors (Lipinski definition) is 1. The quantitative estimate of drug-likeness (QED) is 0.888. The third-order valence-electron chi connectivity index (χ3n) is 2.69. The third-order valence-corrected chi connectivity index (χ3v) is 2.69. The SMILES string of the molecule is CC(C)(CCC(F)(F)F)NC(=O)OCc1ccccc1. The van der Waals surface area contributed by atoms with Crippen molar-refractivity contribution in [3.05, 3.63) is 35.9 Å². The molecule has 0 aliphatic rings. The first-order chi connectivity index (χ1) is 9.18. The van der Waals surface area contributed by atoms with Gasteiger partial charge >= 0.3 is 12.3 Å². The van der Waals surface area contributed by atoms with Crippen LogP contribution in [0.25, 0.3) is 0 Å². The summed E-state index contributed by atoms with van der Waals surface area (Å²) in [4.78, 5) is 11.5.